The number of aryl methyl sites for hydroxylation is 1. The summed E-state index contributed by atoms with van der Waals surface area (Å²) in [5, 5.41) is 5.00. The van der Waals surface area contributed by atoms with Gasteiger partial charge in [-0.05, 0) is 37.3 Å². The minimum absolute atomic E-state index is 0.00862. The summed E-state index contributed by atoms with van der Waals surface area (Å²) in [6.07, 6.45) is 5.83. The molecule has 2 aliphatic rings. The maximum Gasteiger partial charge on any atom is 0.257 e. The highest BCUT2D eigenvalue weighted by Gasteiger charge is 2.30. The molecular formula is C21H22N4O2S. The number of nitrogens with zero attached hydrogens (tertiary/aromatic N) is 2. The van der Waals surface area contributed by atoms with Crippen LogP contribution in [0.2, 0.25) is 0 Å². The van der Waals surface area contributed by atoms with Gasteiger partial charge in [-0.15, -0.1) is 0 Å². The minimum atomic E-state index is -0.0982. The number of aromatic amines is 1. The van der Waals surface area contributed by atoms with Gasteiger partial charge < -0.3 is 10.3 Å². The molecule has 1 atom stereocenters. The van der Waals surface area contributed by atoms with Crippen molar-refractivity contribution in [2.75, 3.05) is 12.3 Å². The van der Waals surface area contributed by atoms with Crippen LogP contribution < -0.4 is 10.9 Å². The maximum atomic E-state index is 12.8. The Bertz CT molecular complexity index is 1120. The quantitative estimate of drug-likeness (QED) is 0.652. The Morgan fingerprint density at radius 3 is 3.14 bits per heavy atom. The molecule has 0 radical (unpaired) electrons. The van der Waals surface area contributed by atoms with Crippen LogP contribution in [0, 0.1) is 0 Å². The Morgan fingerprint density at radius 2 is 2.21 bits per heavy atom. The van der Waals surface area contributed by atoms with Crippen molar-refractivity contribution in [3.8, 4) is 0 Å². The van der Waals surface area contributed by atoms with Crippen LogP contribution in [0.5, 0.6) is 0 Å². The first-order valence-corrected chi connectivity index (χ1v) is 10.8. The molecule has 0 fully saturated rings. The highest BCUT2D eigenvalue weighted by atomic mass is 32.2. The number of aromatic nitrogens is 3. The largest absolute Gasteiger partial charge is 0.361 e. The van der Waals surface area contributed by atoms with Gasteiger partial charge in [-0.1, -0.05) is 30.0 Å². The summed E-state index contributed by atoms with van der Waals surface area (Å²) < 4.78 is 1.76. The van der Waals surface area contributed by atoms with Crippen molar-refractivity contribution in [2.45, 2.75) is 43.3 Å². The standard InChI is InChI=1S/C21H22N4O2S/c26-19(22-9-8-13-11-23-17-6-2-1-4-15(13)17)10-14-12-28-21-24-18-7-3-5-16(18)20(27)25(14)21/h1-2,4,6,11,14,23H,3,5,7-10,12H2,(H,22,26). The molecule has 28 heavy (non-hydrogen) atoms. The number of hydrogen-bond acceptors (Lipinski definition) is 4. The highest BCUT2D eigenvalue weighted by Crippen LogP contribution is 2.33. The predicted molar refractivity (Wildman–Crippen MR) is 110 cm³/mol. The average Bonchev–Trinajstić information content (AvgIpc) is 3.41. The Balaban J connectivity index is 1.22. The third-order valence-corrected chi connectivity index (χ3v) is 6.78. The predicted octanol–water partition coefficient (Wildman–Crippen LogP) is 2.61. The molecular weight excluding hydrogens is 372 g/mol. The van der Waals surface area contributed by atoms with Gasteiger partial charge in [0, 0.05) is 41.4 Å². The van der Waals surface area contributed by atoms with Crippen LogP contribution in [0.4, 0.5) is 0 Å². The van der Waals surface area contributed by atoms with E-state index in [0.29, 0.717) is 13.0 Å². The molecule has 6 nitrogen and oxygen atoms in total. The van der Waals surface area contributed by atoms with E-state index in [4.69, 9.17) is 0 Å². The summed E-state index contributed by atoms with van der Waals surface area (Å²) in [7, 11) is 0. The number of rotatable bonds is 5. The van der Waals surface area contributed by atoms with E-state index in [0.717, 1.165) is 53.4 Å². The Morgan fingerprint density at radius 1 is 1.32 bits per heavy atom. The summed E-state index contributed by atoms with van der Waals surface area (Å²) in [4.78, 5) is 33.2. The van der Waals surface area contributed by atoms with Crippen LogP contribution >= 0.6 is 11.8 Å². The topological polar surface area (TPSA) is 79.8 Å². The molecule has 0 bridgehead atoms. The number of carbonyl (C=O) groups is 1. The Labute approximate surface area is 166 Å². The van der Waals surface area contributed by atoms with E-state index in [-0.39, 0.29) is 17.5 Å². The third-order valence-electron chi connectivity index (χ3n) is 5.68. The second kappa shape index (κ2) is 7.13. The molecule has 2 aromatic heterocycles. The highest BCUT2D eigenvalue weighted by molar-refractivity contribution is 7.99. The zero-order valence-electron chi connectivity index (χ0n) is 15.5. The fourth-order valence-corrected chi connectivity index (χ4v) is 5.42. The van der Waals surface area contributed by atoms with Gasteiger partial charge in [-0.3, -0.25) is 14.2 Å². The van der Waals surface area contributed by atoms with Gasteiger partial charge in [0.15, 0.2) is 5.16 Å². The summed E-state index contributed by atoms with van der Waals surface area (Å²) in [6, 6.07) is 8.08. The number of hydrogen-bond donors (Lipinski definition) is 2. The molecule has 0 saturated heterocycles. The minimum Gasteiger partial charge on any atom is -0.361 e. The normalized spacial score (nSPS) is 17.6. The van der Waals surface area contributed by atoms with Crippen molar-refractivity contribution >= 4 is 28.6 Å². The second-order valence-corrected chi connectivity index (χ2v) is 8.46. The number of carbonyl (C=O) groups excluding carboxylic acids is 1. The van der Waals surface area contributed by atoms with Crippen molar-refractivity contribution in [1.29, 1.82) is 0 Å². The van der Waals surface area contributed by atoms with E-state index in [2.05, 4.69) is 27.4 Å². The first-order valence-electron chi connectivity index (χ1n) is 9.79. The summed E-state index contributed by atoms with van der Waals surface area (Å²) in [5.41, 5.74) is 4.21. The number of fused-ring (bicyclic) bond motifs is 3. The molecule has 0 saturated carbocycles. The smallest absolute Gasteiger partial charge is 0.257 e. The molecule has 1 aliphatic heterocycles. The van der Waals surface area contributed by atoms with Crippen LogP contribution in [-0.4, -0.2) is 32.7 Å². The SMILES string of the molecule is O=C(CC1CSc2nc3c(c(=O)n21)CCC3)NCCc1c[nH]c2ccccc12. The molecule has 2 N–H and O–H groups in total. The van der Waals surface area contributed by atoms with Gasteiger partial charge in [-0.2, -0.15) is 0 Å². The molecule has 7 heteroatoms. The van der Waals surface area contributed by atoms with E-state index in [9.17, 15) is 9.59 Å². The van der Waals surface area contributed by atoms with Crippen LogP contribution in [-0.2, 0) is 24.1 Å². The number of para-hydroxylation sites is 1. The van der Waals surface area contributed by atoms with Crippen molar-refractivity contribution in [3.63, 3.8) is 0 Å². The van der Waals surface area contributed by atoms with Gasteiger partial charge in [0.1, 0.15) is 0 Å². The van der Waals surface area contributed by atoms with E-state index in [1.165, 1.54) is 10.9 Å². The fourth-order valence-electron chi connectivity index (χ4n) is 4.26. The van der Waals surface area contributed by atoms with Gasteiger partial charge in [0.2, 0.25) is 5.91 Å². The summed E-state index contributed by atoms with van der Waals surface area (Å²) >= 11 is 1.59. The molecule has 144 valence electrons. The van der Waals surface area contributed by atoms with E-state index < -0.39 is 0 Å². The molecule has 5 rings (SSSR count). The summed E-state index contributed by atoms with van der Waals surface area (Å²) in [5.74, 6) is 0.728. The zero-order valence-corrected chi connectivity index (χ0v) is 16.3. The number of nitrogens with one attached hydrogen (secondary N) is 2. The molecule has 0 spiro atoms. The summed E-state index contributed by atoms with van der Waals surface area (Å²) in [6.45, 7) is 0.588. The molecule has 3 aromatic rings. The van der Waals surface area contributed by atoms with Crippen molar-refractivity contribution in [1.82, 2.24) is 19.9 Å². The lowest BCUT2D eigenvalue weighted by atomic mass is 10.1. The van der Waals surface area contributed by atoms with Gasteiger partial charge >= 0.3 is 0 Å². The van der Waals surface area contributed by atoms with Crippen LogP contribution in [0.1, 0.15) is 35.7 Å². The first-order chi connectivity index (χ1) is 13.7. The van der Waals surface area contributed by atoms with E-state index in [1.807, 2.05) is 18.3 Å². The lowest BCUT2D eigenvalue weighted by Crippen LogP contribution is -2.32. The lowest BCUT2D eigenvalue weighted by Gasteiger charge is -2.14. The molecule has 1 amide bonds. The van der Waals surface area contributed by atoms with Crippen LogP contribution in [0.25, 0.3) is 10.9 Å². The fraction of sp³-hybridized carbons (Fsp3) is 0.381. The lowest BCUT2D eigenvalue weighted by molar-refractivity contribution is -0.121. The monoisotopic (exact) mass is 394 g/mol. The van der Waals surface area contributed by atoms with Gasteiger partial charge in [0.05, 0.1) is 11.7 Å². The molecule has 1 aromatic carbocycles. The second-order valence-electron chi connectivity index (χ2n) is 7.48. The molecule has 3 heterocycles. The van der Waals surface area contributed by atoms with E-state index >= 15 is 0 Å². The molecule has 1 unspecified atom stereocenters. The average molecular weight is 395 g/mol. The molecule has 1 aliphatic carbocycles. The number of H-pyrrole nitrogens is 1. The van der Waals surface area contributed by atoms with Gasteiger partial charge in [-0.25, -0.2) is 4.98 Å². The zero-order chi connectivity index (χ0) is 19.1. The van der Waals surface area contributed by atoms with E-state index in [1.54, 1.807) is 16.3 Å². The maximum absolute atomic E-state index is 12.8. The first kappa shape index (κ1) is 17.6. The van der Waals surface area contributed by atoms with Crippen LogP contribution in [0.15, 0.2) is 40.4 Å². The Hall–Kier alpha value is -2.54. The van der Waals surface area contributed by atoms with Gasteiger partial charge in [0.25, 0.3) is 5.56 Å². The van der Waals surface area contributed by atoms with Crippen molar-refractivity contribution in [2.24, 2.45) is 0 Å². The number of benzene rings is 1. The Kier molecular flexibility index (Phi) is 4.47. The van der Waals surface area contributed by atoms with Crippen LogP contribution in [0.3, 0.4) is 0 Å². The number of thioether (sulfide) groups is 1. The third kappa shape index (κ3) is 3.03. The van der Waals surface area contributed by atoms with Crippen molar-refractivity contribution in [3.05, 3.63) is 57.6 Å². The number of amides is 1. The van der Waals surface area contributed by atoms with Crippen molar-refractivity contribution < 1.29 is 4.79 Å².